The third-order valence-corrected chi connectivity index (χ3v) is 7.90. The van der Waals surface area contributed by atoms with Gasteiger partial charge in [-0.2, -0.15) is 0 Å². The van der Waals surface area contributed by atoms with Crippen molar-refractivity contribution >= 4 is 50.1 Å². The molecule has 1 unspecified atom stereocenters. The molecule has 0 radical (unpaired) electrons. The third kappa shape index (κ3) is 5.60. The zero-order chi connectivity index (χ0) is 22.8. The summed E-state index contributed by atoms with van der Waals surface area (Å²) in [7, 11) is -0.618. The third-order valence-electron chi connectivity index (χ3n) is 4.59. The van der Waals surface area contributed by atoms with Crippen molar-refractivity contribution in [3.63, 3.8) is 0 Å². The Morgan fingerprint density at radius 3 is 2.71 bits per heavy atom. The molecule has 1 aliphatic rings. The van der Waals surface area contributed by atoms with E-state index in [4.69, 9.17) is 16.3 Å². The number of ether oxygens (including phenoxy) is 1. The fraction of sp³-hybridized carbons (Fsp3) is 0.333. The molecule has 2 aromatic rings. The number of sulfonamides is 1. The lowest BCUT2D eigenvalue weighted by atomic mass is 10.2. The van der Waals surface area contributed by atoms with Crippen LogP contribution in [0.25, 0.3) is 0 Å². The van der Waals surface area contributed by atoms with Crippen molar-refractivity contribution in [1.29, 1.82) is 0 Å². The highest BCUT2D eigenvalue weighted by molar-refractivity contribution is 8.14. The van der Waals surface area contributed by atoms with Crippen molar-refractivity contribution in [3.8, 4) is 5.75 Å². The molecule has 0 saturated carbocycles. The predicted molar refractivity (Wildman–Crippen MR) is 125 cm³/mol. The zero-order valence-corrected chi connectivity index (χ0v) is 20.1. The normalized spacial score (nSPS) is 18.1. The summed E-state index contributed by atoms with van der Waals surface area (Å²) in [6.07, 6.45) is 0. The Hall–Kier alpha value is -2.07. The number of carbonyl (C=O) groups excluding carboxylic acids is 1. The fourth-order valence-corrected chi connectivity index (χ4v) is 4.98. The zero-order valence-electron chi connectivity index (χ0n) is 17.7. The first-order valence-corrected chi connectivity index (χ1v) is 12.2. The number of hydrogen-bond acceptors (Lipinski definition) is 6. The van der Waals surface area contributed by atoms with Gasteiger partial charge in [0.25, 0.3) is 5.91 Å². The number of benzene rings is 2. The van der Waals surface area contributed by atoms with Crippen LogP contribution >= 0.6 is 23.4 Å². The topological polar surface area (TPSA) is 79.3 Å². The van der Waals surface area contributed by atoms with Crippen LogP contribution in [-0.4, -0.2) is 61.2 Å². The first kappa shape index (κ1) is 23.6. The molecule has 1 atom stereocenters. The van der Waals surface area contributed by atoms with Gasteiger partial charge in [0.2, 0.25) is 10.0 Å². The smallest absolute Gasteiger partial charge is 0.266 e. The van der Waals surface area contributed by atoms with Gasteiger partial charge in [0, 0.05) is 30.9 Å². The van der Waals surface area contributed by atoms with E-state index in [1.807, 2.05) is 13.8 Å². The van der Waals surface area contributed by atoms with Gasteiger partial charge in [-0.25, -0.2) is 17.7 Å². The number of amides is 1. The van der Waals surface area contributed by atoms with Crippen LogP contribution < -0.4 is 4.74 Å². The highest BCUT2D eigenvalue weighted by Gasteiger charge is 2.31. The average Bonchev–Trinajstić information content (AvgIpc) is 3.08. The summed E-state index contributed by atoms with van der Waals surface area (Å²) < 4.78 is 31.6. The van der Waals surface area contributed by atoms with Gasteiger partial charge in [-0.1, -0.05) is 36.4 Å². The van der Waals surface area contributed by atoms with Crippen molar-refractivity contribution in [1.82, 2.24) is 9.21 Å². The summed E-state index contributed by atoms with van der Waals surface area (Å²) >= 11 is 7.49. The number of halogens is 1. The molecule has 3 rings (SSSR count). The molecule has 0 N–H and O–H groups in total. The number of aryl methyl sites for hydroxylation is 1. The van der Waals surface area contributed by atoms with Crippen LogP contribution in [0, 0.1) is 6.92 Å². The lowest BCUT2D eigenvalue weighted by molar-refractivity contribution is -0.129. The Morgan fingerprint density at radius 1 is 1.29 bits per heavy atom. The number of hydrogen-bond donors (Lipinski definition) is 0. The van der Waals surface area contributed by atoms with E-state index >= 15 is 0 Å². The van der Waals surface area contributed by atoms with Crippen molar-refractivity contribution in [3.05, 3.63) is 53.1 Å². The molecular weight excluding hydrogens is 458 g/mol. The molecule has 1 amide bonds. The molecule has 31 heavy (non-hydrogen) atoms. The summed E-state index contributed by atoms with van der Waals surface area (Å²) in [6.45, 7) is 4.23. The van der Waals surface area contributed by atoms with E-state index < -0.39 is 10.0 Å². The Kier molecular flexibility index (Phi) is 7.31. The number of nitrogens with zero attached hydrogens (tertiary/aromatic N) is 3. The maximum Gasteiger partial charge on any atom is 0.266 e. The van der Waals surface area contributed by atoms with Crippen LogP contribution in [0.15, 0.2) is 52.4 Å². The standard InChI is InChI=1S/C21H24ClN3O4S2/c1-14-10-17(8-9-19(14)22)29-13-20(26)25-12-15(2)30-21(25)23-16-6-5-7-18(11-16)31(27,28)24(3)4/h5-11,15H,12-13H2,1-4H3. The highest BCUT2D eigenvalue weighted by Crippen LogP contribution is 2.29. The second-order valence-corrected chi connectivity index (χ2v) is 11.3. The maximum absolute atomic E-state index is 12.8. The average molecular weight is 482 g/mol. The van der Waals surface area contributed by atoms with E-state index in [0.717, 1.165) is 9.87 Å². The number of rotatable bonds is 6. The molecule has 2 aromatic carbocycles. The number of aliphatic imine (C=N–C) groups is 1. The summed E-state index contributed by atoms with van der Waals surface area (Å²) in [5.41, 5.74) is 1.33. The second-order valence-electron chi connectivity index (χ2n) is 7.31. The van der Waals surface area contributed by atoms with Crippen LogP contribution in [0.2, 0.25) is 5.02 Å². The van der Waals surface area contributed by atoms with Crippen LogP contribution in [0.5, 0.6) is 5.75 Å². The van der Waals surface area contributed by atoms with Crippen LogP contribution in [-0.2, 0) is 14.8 Å². The van der Waals surface area contributed by atoms with Gasteiger partial charge in [0.15, 0.2) is 11.8 Å². The van der Waals surface area contributed by atoms with Crippen molar-refractivity contribution in [2.24, 2.45) is 4.99 Å². The summed E-state index contributed by atoms with van der Waals surface area (Å²) in [5, 5.41) is 1.32. The minimum absolute atomic E-state index is 0.136. The van der Waals surface area contributed by atoms with Gasteiger partial charge in [0.05, 0.1) is 10.6 Å². The van der Waals surface area contributed by atoms with Crippen molar-refractivity contribution in [2.75, 3.05) is 27.2 Å². The molecule has 1 saturated heterocycles. The second kappa shape index (κ2) is 9.60. The molecule has 1 fully saturated rings. The molecule has 0 aliphatic carbocycles. The molecule has 0 bridgehead atoms. The number of amidine groups is 1. The van der Waals surface area contributed by atoms with E-state index in [1.54, 1.807) is 35.2 Å². The number of carbonyl (C=O) groups is 1. The molecule has 0 aromatic heterocycles. The van der Waals surface area contributed by atoms with Gasteiger partial charge >= 0.3 is 0 Å². The van der Waals surface area contributed by atoms with E-state index in [9.17, 15) is 13.2 Å². The maximum atomic E-state index is 12.8. The first-order valence-electron chi connectivity index (χ1n) is 9.55. The lowest BCUT2D eigenvalue weighted by Crippen LogP contribution is -2.36. The van der Waals surface area contributed by atoms with E-state index in [0.29, 0.717) is 28.2 Å². The summed E-state index contributed by atoms with van der Waals surface area (Å²) in [4.78, 5) is 19.1. The Bertz CT molecular complexity index is 1120. The Labute approximate surface area is 192 Å². The molecule has 1 heterocycles. The van der Waals surface area contributed by atoms with Gasteiger partial charge in [-0.05, 0) is 48.9 Å². The van der Waals surface area contributed by atoms with E-state index in [-0.39, 0.29) is 22.7 Å². The van der Waals surface area contributed by atoms with Gasteiger partial charge in [-0.15, -0.1) is 0 Å². The molecule has 0 spiro atoms. The van der Waals surface area contributed by atoms with Gasteiger partial charge in [-0.3, -0.25) is 9.69 Å². The molecule has 7 nitrogen and oxygen atoms in total. The fourth-order valence-electron chi connectivity index (χ4n) is 2.88. The molecule has 1 aliphatic heterocycles. The number of thioether (sulfide) groups is 1. The van der Waals surface area contributed by atoms with Gasteiger partial charge in [0.1, 0.15) is 5.75 Å². The predicted octanol–water partition coefficient (Wildman–Crippen LogP) is 3.93. The minimum atomic E-state index is -3.57. The summed E-state index contributed by atoms with van der Waals surface area (Å²) in [6, 6.07) is 11.6. The summed E-state index contributed by atoms with van der Waals surface area (Å²) in [5.74, 6) is 0.343. The van der Waals surface area contributed by atoms with Crippen molar-refractivity contribution < 1.29 is 17.9 Å². The quantitative estimate of drug-likeness (QED) is 0.624. The van der Waals surface area contributed by atoms with E-state index in [1.165, 1.54) is 38.0 Å². The monoisotopic (exact) mass is 481 g/mol. The largest absolute Gasteiger partial charge is 0.484 e. The van der Waals surface area contributed by atoms with Crippen LogP contribution in [0.3, 0.4) is 0 Å². The van der Waals surface area contributed by atoms with E-state index in [2.05, 4.69) is 4.99 Å². The Balaban J connectivity index is 1.78. The molecular formula is C21H24ClN3O4S2. The van der Waals surface area contributed by atoms with Gasteiger partial charge < -0.3 is 4.74 Å². The molecule has 10 heteroatoms. The van der Waals surface area contributed by atoms with Crippen molar-refractivity contribution in [2.45, 2.75) is 24.0 Å². The Morgan fingerprint density at radius 2 is 2.03 bits per heavy atom. The lowest BCUT2D eigenvalue weighted by Gasteiger charge is -2.17. The first-order chi connectivity index (χ1) is 14.6. The van der Waals surface area contributed by atoms with Crippen LogP contribution in [0.1, 0.15) is 12.5 Å². The van der Waals surface area contributed by atoms with Crippen LogP contribution in [0.4, 0.5) is 5.69 Å². The minimum Gasteiger partial charge on any atom is -0.484 e. The SMILES string of the molecule is Cc1cc(OCC(=O)N2CC(C)SC2=Nc2cccc(S(=O)(=O)N(C)C)c2)ccc1Cl. The highest BCUT2D eigenvalue weighted by atomic mass is 35.5. The molecule has 166 valence electrons.